The summed E-state index contributed by atoms with van der Waals surface area (Å²) in [5, 5.41) is 6.23. The average molecular weight is 274 g/mol. The highest BCUT2D eigenvalue weighted by Crippen LogP contribution is 2.29. The van der Waals surface area contributed by atoms with E-state index in [-0.39, 0.29) is 5.91 Å². The molecule has 110 valence electrons. The van der Waals surface area contributed by atoms with Crippen molar-refractivity contribution < 1.29 is 4.79 Å². The largest absolute Gasteiger partial charge is 0.385 e. The topological polar surface area (TPSA) is 41.1 Å². The minimum absolute atomic E-state index is 0.0161. The molecule has 1 saturated carbocycles. The molecule has 0 saturated heterocycles. The van der Waals surface area contributed by atoms with Crippen LogP contribution in [0.5, 0.6) is 0 Å². The fourth-order valence-electron chi connectivity index (χ4n) is 3.00. The number of carbonyl (C=O) groups excluding carboxylic acids is 1. The van der Waals surface area contributed by atoms with Gasteiger partial charge in [0.2, 0.25) is 0 Å². The number of anilines is 1. The Bertz CT molecular complexity index is 462. The fourth-order valence-corrected chi connectivity index (χ4v) is 3.00. The molecule has 0 atom stereocenters. The lowest BCUT2D eigenvalue weighted by molar-refractivity contribution is 0.0962. The van der Waals surface area contributed by atoms with Crippen LogP contribution in [0.2, 0.25) is 0 Å². The second-order valence-electron chi connectivity index (χ2n) is 6.06. The zero-order valence-corrected chi connectivity index (χ0v) is 12.8. The van der Waals surface area contributed by atoms with E-state index < -0.39 is 0 Å². The molecule has 0 aliphatic heterocycles. The third-order valence-electron chi connectivity index (χ3n) is 4.52. The van der Waals surface area contributed by atoms with Crippen molar-refractivity contribution in [2.24, 2.45) is 11.8 Å². The maximum absolute atomic E-state index is 11.8. The van der Waals surface area contributed by atoms with Crippen LogP contribution in [0.25, 0.3) is 0 Å². The molecule has 1 aliphatic rings. The Morgan fingerprint density at radius 2 is 1.95 bits per heavy atom. The van der Waals surface area contributed by atoms with Crippen LogP contribution in [0.15, 0.2) is 18.2 Å². The molecule has 0 bridgehead atoms. The van der Waals surface area contributed by atoms with Gasteiger partial charge in [0.05, 0.1) is 0 Å². The molecule has 1 aromatic rings. The first-order valence-corrected chi connectivity index (χ1v) is 7.67. The summed E-state index contributed by atoms with van der Waals surface area (Å²) in [6, 6.07) is 5.89. The summed E-state index contributed by atoms with van der Waals surface area (Å²) in [6.45, 7) is 5.38. The number of benzene rings is 1. The summed E-state index contributed by atoms with van der Waals surface area (Å²) in [4.78, 5) is 11.8. The Labute approximate surface area is 122 Å². The minimum atomic E-state index is -0.0161. The SMILES string of the molecule is CNC(=O)c1cccc(NCC2CCC(C)CC2)c1C. The van der Waals surface area contributed by atoms with E-state index in [1.807, 2.05) is 19.1 Å². The van der Waals surface area contributed by atoms with Crippen LogP contribution in [-0.4, -0.2) is 19.5 Å². The third-order valence-corrected chi connectivity index (χ3v) is 4.52. The van der Waals surface area contributed by atoms with Crippen molar-refractivity contribution in [2.75, 3.05) is 18.9 Å². The van der Waals surface area contributed by atoms with E-state index in [1.54, 1.807) is 7.05 Å². The van der Waals surface area contributed by atoms with Gasteiger partial charge in [0, 0.05) is 24.8 Å². The van der Waals surface area contributed by atoms with Gasteiger partial charge in [-0.05, 0) is 49.3 Å². The standard InChI is InChI=1S/C17H26N2O/c1-12-7-9-14(10-8-12)11-19-16-6-4-5-15(13(16)2)17(20)18-3/h4-6,12,14,19H,7-11H2,1-3H3,(H,18,20). The minimum Gasteiger partial charge on any atom is -0.385 e. The summed E-state index contributed by atoms with van der Waals surface area (Å²) in [5.74, 6) is 1.65. The lowest BCUT2D eigenvalue weighted by atomic mass is 9.83. The van der Waals surface area contributed by atoms with Crippen LogP contribution in [0.1, 0.15) is 48.5 Å². The highest BCUT2D eigenvalue weighted by molar-refractivity contribution is 5.96. The number of carbonyl (C=O) groups is 1. The van der Waals surface area contributed by atoms with Gasteiger partial charge >= 0.3 is 0 Å². The summed E-state index contributed by atoms with van der Waals surface area (Å²) in [7, 11) is 1.67. The number of nitrogens with one attached hydrogen (secondary N) is 2. The molecule has 2 N–H and O–H groups in total. The number of amides is 1. The fraction of sp³-hybridized carbons (Fsp3) is 0.588. The Kier molecular flexibility index (Phi) is 5.05. The van der Waals surface area contributed by atoms with Crippen LogP contribution in [0, 0.1) is 18.8 Å². The van der Waals surface area contributed by atoms with Gasteiger partial charge in [-0.25, -0.2) is 0 Å². The van der Waals surface area contributed by atoms with E-state index in [4.69, 9.17) is 0 Å². The summed E-state index contributed by atoms with van der Waals surface area (Å²) < 4.78 is 0. The van der Waals surface area contributed by atoms with E-state index in [2.05, 4.69) is 23.6 Å². The van der Waals surface area contributed by atoms with Crippen molar-refractivity contribution >= 4 is 11.6 Å². The quantitative estimate of drug-likeness (QED) is 0.881. The van der Waals surface area contributed by atoms with Gasteiger partial charge in [-0.3, -0.25) is 4.79 Å². The Morgan fingerprint density at radius 1 is 1.25 bits per heavy atom. The molecule has 0 radical (unpaired) electrons. The molecule has 1 aromatic carbocycles. The van der Waals surface area contributed by atoms with Crippen molar-refractivity contribution in [3.05, 3.63) is 29.3 Å². The van der Waals surface area contributed by atoms with Gasteiger partial charge in [-0.2, -0.15) is 0 Å². The van der Waals surface area contributed by atoms with E-state index >= 15 is 0 Å². The predicted molar refractivity (Wildman–Crippen MR) is 84.2 cm³/mol. The maximum Gasteiger partial charge on any atom is 0.251 e. The third kappa shape index (κ3) is 3.53. The molecule has 2 rings (SSSR count). The zero-order chi connectivity index (χ0) is 14.5. The van der Waals surface area contributed by atoms with Gasteiger partial charge in [0.25, 0.3) is 5.91 Å². The predicted octanol–water partition coefficient (Wildman–Crippen LogP) is 3.59. The molecular formula is C17H26N2O. The van der Waals surface area contributed by atoms with Gasteiger partial charge in [-0.15, -0.1) is 0 Å². The lowest BCUT2D eigenvalue weighted by Gasteiger charge is -2.27. The van der Waals surface area contributed by atoms with Crippen molar-refractivity contribution in [1.29, 1.82) is 0 Å². The number of rotatable bonds is 4. The Hall–Kier alpha value is -1.51. The molecule has 3 heteroatoms. The van der Waals surface area contributed by atoms with Crippen molar-refractivity contribution in [3.8, 4) is 0 Å². The van der Waals surface area contributed by atoms with Crippen molar-refractivity contribution in [2.45, 2.75) is 39.5 Å². The van der Waals surface area contributed by atoms with E-state index in [9.17, 15) is 4.79 Å². The van der Waals surface area contributed by atoms with Crippen LogP contribution in [0.3, 0.4) is 0 Å². The highest BCUT2D eigenvalue weighted by atomic mass is 16.1. The lowest BCUT2D eigenvalue weighted by Crippen LogP contribution is -2.22. The molecular weight excluding hydrogens is 248 g/mol. The van der Waals surface area contributed by atoms with Gasteiger partial charge in [-0.1, -0.05) is 25.8 Å². The summed E-state index contributed by atoms with van der Waals surface area (Å²) in [6.07, 6.45) is 5.35. The zero-order valence-electron chi connectivity index (χ0n) is 12.8. The maximum atomic E-state index is 11.8. The Morgan fingerprint density at radius 3 is 2.60 bits per heavy atom. The summed E-state index contributed by atoms with van der Waals surface area (Å²) in [5.41, 5.74) is 2.88. The second kappa shape index (κ2) is 6.78. The van der Waals surface area contributed by atoms with Crippen LogP contribution < -0.4 is 10.6 Å². The van der Waals surface area contributed by atoms with E-state index in [0.717, 1.165) is 35.2 Å². The molecule has 0 aromatic heterocycles. The molecule has 20 heavy (non-hydrogen) atoms. The first-order valence-electron chi connectivity index (χ1n) is 7.67. The molecule has 0 heterocycles. The van der Waals surface area contributed by atoms with E-state index in [1.165, 1.54) is 25.7 Å². The number of hydrogen-bond donors (Lipinski definition) is 2. The molecule has 0 spiro atoms. The molecule has 3 nitrogen and oxygen atoms in total. The first kappa shape index (κ1) is 14.9. The van der Waals surface area contributed by atoms with Crippen LogP contribution >= 0.6 is 0 Å². The van der Waals surface area contributed by atoms with Crippen molar-refractivity contribution in [3.63, 3.8) is 0 Å². The molecule has 1 amide bonds. The highest BCUT2D eigenvalue weighted by Gasteiger charge is 2.18. The van der Waals surface area contributed by atoms with E-state index in [0.29, 0.717) is 0 Å². The van der Waals surface area contributed by atoms with Gasteiger partial charge in [0.15, 0.2) is 0 Å². The van der Waals surface area contributed by atoms with Crippen LogP contribution in [0.4, 0.5) is 5.69 Å². The average Bonchev–Trinajstić information content (AvgIpc) is 2.47. The summed E-state index contributed by atoms with van der Waals surface area (Å²) >= 11 is 0. The second-order valence-corrected chi connectivity index (χ2v) is 6.06. The molecule has 1 aliphatic carbocycles. The molecule has 1 fully saturated rings. The van der Waals surface area contributed by atoms with Crippen LogP contribution in [-0.2, 0) is 0 Å². The number of hydrogen-bond acceptors (Lipinski definition) is 2. The van der Waals surface area contributed by atoms with Gasteiger partial charge in [0.1, 0.15) is 0 Å². The Balaban J connectivity index is 1.98. The monoisotopic (exact) mass is 274 g/mol. The van der Waals surface area contributed by atoms with Crippen molar-refractivity contribution in [1.82, 2.24) is 5.32 Å². The normalized spacial score (nSPS) is 22.4. The first-order chi connectivity index (χ1) is 9.61. The molecule has 0 unspecified atom stereocenters. The smallest absolute Gasteiger partial charge is 0.251 e. The van der Waals surface area contributed by atoms with Gasteiger partial charge < -0.3 is 10.6 Å².